The van der Waals surface area contributed by atoms with Crippen molar-refractivity contribution >= 4 is 27.8 Å². The highest BCUT2D eigenvalue weighted by molar-refractivity contribution is 5.91. The molecule has 0 aliphatic carbocycles. The Balaban J connectivity index is 1.21. The average Bonchev–Trinajstić information content (AvgIpc) is 3.53. The highest BCUT2D eigenvalue weighted by Crippen LogP contribution is 2.47. The molecule has 1 aliphatic heterocycles. The molecule has 2 aromatic heterocycles. The number of esters is 1. The summed E-state index contributed by atoms with van der Waals surface area (Å²) in [5.74, 6) is -0.211. The van der Waals surface area contributed by atoms with E-state index in [2.05, 4.69) is 4.98 Å². The van der Waals surface area contributed by atoms with Crippen LogP contribution in [0.2, 0.25) is 0 Å². The molecule has 0 amide bonds. The maximum absolute atomic E-state index is 14.3. The zero-order valence-electron chi connectivity index (χ0n) is 27.4. The smallest absolute Gasteiger partial charge is 0.338 e. The first kappa shape index (κ1) is 31.0. The summed E-state index contributed by atoms with van der Waals surface area (Å²) in [7, 11) is 1.71. The Bertz CT molecular complexity index is 2430. The van der Waals surface area contributed by atoms with Gasteiger partial charge in [0.05, 0.1) is 29.2 Å². The van der Waals surface area contributed by atoms with Crippen molar-refractivity contribution in [2.24, 2.45) is 7.05 Å². The fourth-order valence-corrected chi connectivity index (χ4v) is 7.04. The number of ether oxygens (including phenoxy) is 3. The van der Waals surface area contributed by atoms with E-state index in [4.69, 9.17) is 14.2 Å². The number of carbonyl (C=O) groups is 1. The minimum Gasteiger partial charge on any atom is -0.507 e. The van der Waals surface area contributed by atoms with Crippen LogP contribution in [0.4, 0.5) is 0 Å². The van der Waals surface area contributed by atoms with Crippen LogP contribution in [0.15, 0.2) is 126 Å². The fourth-order valence-electron chi connectivity index (χ4n) is 7.04. The van der Waals surface area contributed by atoms with Crippen molar-refractivity contribution in [1.82, 2.24) is 9.55 Å². The normalized spacial score (nSPS) is 13.0. The molecule has 0 radical (unpaired) electrons. The van der Waals surface area contributed by atoms with Crippen LogP contribution in [0.25, 0.3) is 32.9 Å². The van der Waals surface area contributed by atoms with Gasteiger partial charge in [0.1, 0.15) is 19.0 Å². The van der Waals surface area contributed by atoms with E-state index in [1.165, 1.54) is 0 Å². The maximum Gasteiger partial charge on any atom is 0.338 e. The predicted molar refractivity (Wildman–Crippen MR) is 193 cm³/mol. The Labute approximate surface area is 288 Å². The number of aryl methyl sites for hydroxylation is 1. The van der Waals surface area contributed by atoms with Crippen LogP contribution in [0.1, 0.15) is 38.7 Å². The Hall–Kier alpha value is -6.28. The number of pyridine rings is 1. The largest absolute Gasteiger partial charge is 0.507 e. The Morgan fingerprint density at radius 3 is 2.34 bits per heavy atom. The molecule has 50 heavy (non-hydrogen) atoms. The predicted octanol–water partition coefficient (Wildman–Crippen LogP) is 7.74. The molecule has 248 valence electrons. The topological polar surface area (TPSA) is 103 Å². The number of para-hydroxylation sites is 3. The van der Waals surface area contributed by atoms with Crippen molar-refractivity contribution in [3.63, 3.8) is 0 Å². The number of nitrogens with zero attached hydrogens (tertiary/aromatic N) is 1. The first-order valence-electron chi connectivity index (χ1n) is 16.6. The lowest BCUT2D eigenvalue weighted by Gasteiger charge is -2.27. The third kappa shape index (κ3) is 5.44. The van der Waals surface area contributed by atoms with Crippen LogP contribution in [-0.4, -0.2) is 40.4 Å². The number of aromatic hydroxyl groups is 1. The van der Waals surface area contributed by atoms with Crippen LogP contribution in [-0.2, 0) is 18.2 Å². The van der Waals surface area contributed by atoms with E-state index in [-0.39, 0.29) is 23.5 Å². The minimum atomic E-state index is -0.779. The molecular weight excluding hydrogens is 628 g/mol. The van der Waals surface area contributed by atoms with Crippen molar-refractivity contribution in [1.29, 1.82) is 0 Å². The van der Waals surface area contributed by atoms with Gasteiger partial charge in [-0.2, -0.15) is 0 Å². The summed E-state index contributed by atoms with van der Waals surface area (Å²) in [5, 5.41) is 13.4. The van der Waals surface area contributed by atoms with Gasteiger partial charge in [0.2, 0.25) is 0 Å². The molecule has 3 heterocycles. The van der Waals surface area contributed by atoms with Gasteiger partial charge in [-0.05, 0) is 53.1 Å². The molecule has 5 aromatic carbocycles. The molecule has 1 aliphatic rings. The standard InChI is InChI=1S/C42H34N2O6/c1-44-34-16-8-6-13-31(34)39(45)37(41(44)46)36(32-14-9-17-35-40(32)49-25-24-48-35)38-30(29-12-5-7-15-33(29)43-38)22-23-50-42(47)28-20-18-27(19-21-28)26-10-3-2-4-11-26/h2-21,36,43,45H,22-25H2,1H3. The van der Waals surface area contributed by atoms with E-state index >= 15 is 0 Å². The highest BCUT2D eigenvalue weighted by Gasteiger charge is 2.34. The first-order valence-corrected chi connectivity index (χ1v) is 16.6. The number of hydrogen-bond donors (Lipinski definition) is 2. The minimum absolute atomic E-state index is 0.0923. The number of aromatic nitrogens is 2. The molecule has 8 heteroatoms. The maximum atomic E-state index is 14.3. The van der Waals surface area contributed by atoms with Gasteiger partial charge in [-0.3, -0.25) is 4.79 Å². The lowest BCUT2D eigenvalue weighted by molar-refractivity contribution is 0.0509. The van der Waals surface area contributed by atoms with Crippen molar-refractivity contribution in [2.45, 2.75) is 12.3 Å². The van der Waals surface area contributed by atoms with E-state index in [0.29, 0.717) is 58.9 Å². The summed E-state index contributed by atoms with van der Waals surface area (Å²) >= 11 is 0. The molecule has 1 atom stereocenters. The highest BCUT2D eigenvalue weighted by atomic mass is 16.6. The number of aromatic amines is 1. The zero-order valence-corrected chi connectivity index (χ0v) is 27.4. The summed E-state index contributed by atoms with van der Waals surface area (Å²) in [6, 6.07) is 38.1. The summed E-state index contributed by atoms with van der Waals surface area (Å²) < 4.78 is 19.6. The van der Waals surface area contributed by atoms with Crippen molar-refractivity contribution in [3.05, 3.63) is 160 Å². The number of carbonyl (C=O) groups excluding carboxylic acids is 1. The number of hydrogen-bond acceptors (Lipinski definition) is 6. The SMILES string of the molecule is Cn1c(=O)c(C(c2cccc3c2OCCO3)c2[nH]c3ccccc3c2CCOC(=O)c2ccc(-c3ccccc3)cc2)c(O)c2ccccc21. The van der Waals surface area contributed by atoms with Gasteiger partial charge in [-0.25, -0.2) is 4.79 Å². The monoisotopic (exact) mass is 662 g/mol. The number of fused-ring (bicyclic) bond motifs is 3. The molecule has 0 saturated carbocycles. The Morgan fingerprint density at radius 2 is 1.52 bits per heavy atom. The molecule has 1 unspecified atom stereocenters. The fraction of sp³-hybridized carbons (Fsp3) is 0.143. The lowest BCUT2D eigenvalue weighted by atomic mass is 9.84. The quantitative estimate of drug-likeness (QED) is 0.162. The van der Waals surface area contributed by atoms with Crippen LogP contribution in [0.3, 0.4) is 0 Å². The third-order valence-electron chi connectivity index (χ3n) is 9.46. The van der Waals surface area contributed by atoms with Gasteiger partial charge in [0.15, 0.2) is 11.5 Å². The molecule has 0 spiro atoms. The Kier molecular flexibility index (Phi) is 8.04. The van der Waals surface area contributed by atoms with Crippen molar-refractivity contribution in [3.8, 4) is 28.4 Å². The summed E-state index contributed by atoms with van der Waals surface area (Å²) in [6.45, 7) is 0.845. The van der Waals surface area contributed by atoms with Gasteiger partial charge in [0.25, 0.3) is 5.56 Å². The van der Waals surface area contributed by atoms with Crippen LogP contribution < -0.4 is 15.0 Å². The van der Waals surface area contributed by atoms with E-state index in [1.807, 2.05) is 109 Å². The van der Waals surface area contributed by atoms with Crippen LogP contribution in [0.5, 0.6) is 17.2 Å². The van der Waals surface area contributed by atoms with E-state index in [1.54, 1.807) is 23.7 Å². The van der Waals surface area contributed by atoms with Gasteiger partial charge in [0, 0.05) is 41.0 Å². The second-order valence-corrected chi connectivity index (χ2v) is 12.3. The van der Waals surface area contributed by atoms with Crippen molar-refractivity contribution < 1.29 is 24.1 Å². The molecule has 2 N–H and O–H groups in total. The van der Waals surface area contributed by atoms with Gasteiger partial charge >= 0.3 is 5.97 Å². The number of H-pyrrole nitrogens is 1. The van der Waals surface area contributed by atoms with E-state index in [0.717, 1.165) is 27.6 Å². The van der Waals surface area contributed by atoms with Gasteiger partial charge in [-0.1, -0.05) is 84.9 Å². The number of benzene rings is 5. The third-order valence-corrected chi connectivity index (χ3v) is 9.46. The molecule has 0 fully saturated rings. The van der Waals surface area contributed by atoms with Crippen LogP contribution in [0, 0.1) is 0 Å². The molecule has 8 rings (SSSR count). The summed E-state index contributed by atoms with van der Waals surface area (Å²) in [5.41, 5.74) is 6.11. The van der Waals surface area contributed by atoms with E-state index < -0.39 is 11.9 Å². The van der Waals surface area contributed by atoms with Gasteiger partial charge < -0.3 is 28.9 Å². The van der Waals surface area contributed by atoms with Crippen molar-refractivity contribution in [2.75, 3.05) is 19.8 Å². The number of nitrogens with one attached hydrogen (secondary N) is 1. The second-order valence-electron chi connectivity index (χ2n) is 12.3. The average molecular weight is 663 g/mol. The summed E-state index contributed by atoms with van der Waals surface area (Å²) in [4.78, 5) is 31.1. The van der Waals surface area contributed by atoms with Gasteiger partial charge in [-0.15, -0.1) is 0 Å². The first-order chi connectivity index (χ1) is 24.5. The molecule has 7 aromatic rings. The molecule has 0 bridgehead atoms. The lowest BCUT2D eigenvalue weighted by Crippen LogP contribution is -2.26. The summed E-state index contributed by atoms with van der Waals surface area (Å²) in [6.07, 6.45) is 0.352. The van der Waals surface area contributed by atoms with Crippen LogP contribution >= 0.6 is 0 Å². The second kappa shape index (κ2) is 13.0. The van der Waals surface area contributed by atoms with E-state index in [9.17, 15) is 14.7 Å². The molecule has 0 saturated heterocycles. The molecule has 8 nitrogen and oxygen atoms in total. The number of rotatable bonds is 8. The zero-order chi connectivity index (χ0) is 34.2. The Morgan fingerprint density at radius 1 is 0.820 bits per heavy atom. The molecular formula is C42H34N2O6.